The Hall–Kier alpha value is -1.55. The van der Waals surface area contributed by atoms with Crippen LogP contribution in [-0.2, 0) is 0 Å². The van der Waals surface area contributed by atoms with Crippen molar-refractivity contribution < 1.29 is 14.9 Å². The van der Waals surface area contributed by atoms with E-state index in [9.17, 15) is 4.79 Å². The highest BCUT2D eigenvalue weighted by molar-refractivity contribution is 5.94. The molecule has 0 fully saturated rings. The van der Waals surface area contributed by atoms with Gasteiger partial charge in [-0.3, -0.25) is 4.79 Å². The lowest BCUT2D eigenvalue weighted by Crippen LogP contribution is -2.23. The third kappa shape index (κ3) is 2.74. The lowest BCUT2D eigenvalue weighted by Gasteiger charge is -2.03. The van der Waals surface area contributed by atoms with Crippen LogP contribution in [0.1, 0.15) is 23.7 Å². The molecule has 4 heteroatoms. The molecule has 2 N–H and O–H groups in total. The standard InChI is InChI=1S/C10H13NO3/c1-2-7-11-10(12)8-3-5-9(14-13)6-4-8/h3-6,13H,2,7H2,1H3,(H,11,12). The van der Waals surface area contributed by atoms with Crippen molar-refractivity contribution in [2.24, 2.45) is 0 Å². The van der Waals surface area contributed by atoms with Crippen molar-refractivity contribution >= 4 is 5.91 Å². The van der Waals surface area contributed by atoms with Gasteiger partial charge in [-0.05, 0) is 30.7 Å². The molecule has 14 heavy (non-hydrogen) atoms. The molecule has 0 saturated carbocycles. The average Bonchev–Trinajstić information content (AvgIpc) is 2.26. The van der Waals surface area contributed by atoms with Crippen LogP contribution >= 0.6 is 0 Å². The Kier molecular flexibility index (Phi) is 3.94. The Morgan fingerprint density at radius 1 is 1.43 bits per heavy atom. The van der Waals surface area contributed by atoms with Crippen LogP contribution < -0.4 is 10.2 Å². The van der Waals surface area contributed by atoms with Gasteiger partial charge in [-0.2, -0.15) is 0 Å². The maximum absolute atomic E-state index is 11.4. The van der Waals surface area contributed by atoms with Crippen LogP contribution in [0.2, 0.25) is 0 Å². The Labute approximate surface area is 82.4 Å². The molecule has 0 spiro atoms. The molecule has 1 aromatic rings. The number of benzene rings is 1. The van der Waals surface area contributed by atoms with Gasteiger partial charge in [0.2, 0.25) is 0 Å². The normalized spacial score (nSPS) is 9.57. The molecule has 0 unspecified atom stereocenters. The highest BCUT2D eigenvalue weighted by atomic mass is 17.1. The molecule has 1 rings (SSSR count). The first-order valence-corrected chi connectivity index (χ1v) is 4.47. The second kappa shape index (κ2) is 5.24. The van der Waals surface area contributed by atoms with Crippen molar-refractivity contribution in [2.75, 3.05) is 6.54 Å². The fourth-order valence-corrected chi connectivity index (χ4v) is 1.01. The van der Waals surface area contributed by atoms with Gasteiger partial charge >= 0.3 is 0 Å². The molecule has 76 valence electrons. The zero-order valence-corrected chi connectivity index (χ0v) is 7.99. The zero-order chi connectivity index (χ0) is 10.4. The fourth-order valence-electron chi connectivity index (χ4n) is 1.01. The largest absolute Gasteiger partial charge is 0.352 e. The Bertz CT molecular complexity index is 295. The summed E-state index contributed by atoms with van der Waals surface area (Å²) in [5.74, 6) is 0.202. The van der Waals surface area contributed by atoms with E-state index in [4.69, 9.17) is 5.26 Å². The van der Waals surface area contributed by atoms with Gasteiger partial charge in [-0.1, -0.05) is 6.92 Å². The lowest BCUT2D eigenvalue weighted by atomic mass is 10.2. The summed E-state index contributed by atoms with van der Waals surface area (Å²) in [6.07, 6.45) is 0.906. The number of carbonyl (C=O) groups excluding carboxylic acids is 1. The molecular formula is C10H13NO3. The predicted molar refractivity (Wildman–Crippen MR) is 52.3 cm³/mol. The third-order valence-corrected chi connectivity index (χ3v) is 1.76. The van der Waals surface area contributed by atoms with Crippen LogP contribution in [0.25, 0.3) is 0 Å². The summed E-state index contributed by atoms with van der Waals surface area (Å²) in [4.78, 5) is 15.4. The topological polar surface area (TPSA) is 58.6 Å². The van der Waals surface area contributed by atoms with Crippen molar-refractivity contribution in [3.8, 4) is 5.75 Å². The van der Waals surface area contributed by atoms with Crippen LogP contribution in [0, 0.1) is 0 Å². The summed E-state index contributed by atoms with van der Waals surface area (Å²) in [6, 6.07) is 6.24. The highest BCUT2D eigenvalue weighted by Crippen LogP contribution is 2.10. The quantitative estimate of drug-likeness (QED) is 0.567. The molecule has 0 saturated heterocycles. The molecule has 1 amide bonds. The molecule has 0 aliphatic carbocycles. The number of hydrogen-bond donors (Lipinski definition) is 2. The maximum atomic E-state index is 11.4. The second-order valence-electron chi connectivity index (χ2n) is 2.87. The fraction of sp³-hybridized carbons (Fsp3) is 0.300. The first kappa shape index (κ1) is 10.5. The van der Waals surface area contributed by atoms with Crippen molar-refractivity contribution in [1.82, 2.24) is 5.32 Å². The van der Waals surface area contributed by atoms with Crippen LogP contribution in [-0.4, -0.2) is 17.7 Å². The van der Waals surface area contributed by atoms with E-state index >= 15 is 0 Å². The summed E-state index contributed by atoms with van der Waals surface area (Å²) >= 11 is 0. The van der Waals surface area contributed by atoms with Gasteiger partial charge in [0.1, 0.15) is 0 Å². The first-order valence-electron chi connectivity index (χ1n) is 4.47. The number of amides is 1. The molecule has 1 aromatic carbocycles. The molecule has 0 heterocycles. The van der Waals surface area contributed by atoms with Gasteiger partial charge < -0.3 is 10.2 Å². The van der Waals surface area contributed by atoms with Gasteiger partial charge in [0.05, 0.1) is 0 Å². The van der Waals surface area contributed by atoms with Crippen LogP contribution in [0.3, 0.4) is 0 Å². The SMILES string of the molecule is CCCNC(=O)c1ccc(OO)cc1. The van der Waals surface area contributed by atoms with Crippen molar-refractivity contribution in [3.63, 3.8) is 0 Å². The van der Waals surface area contributed by atoms with E-state index in [0.717, 1.165) is 6.42 Å². The highest BCUT2D eigenvalue weighted by Gasteiger charge is 2.03. The molecule has 0 bridgehead atoms. The lowest BCUT2D eigenvalue weighted by molar-refractivity contribution is -0.137. The summed E-state index contributed by atoms with van der Waals surface area (Å²) < 4.78 is 0. The monoisotopic (exact) mass is 195 g/mol. The van der Waals surface area contributed by atoms with E-state index in [1.54, 1.807) is 12.1 Å². The zero-order valence-electron chi connectivity index (χ0n) is 7.99. The molecule has 4 nitrogen and oxygen atoms in total. The van der Waals surface area contributed by atoms with E-state index in [1.807, 2.05) is 6.92 Å². The number of carbonyl (C=O) groups is 1. The number of hydrogen-bond acceptors (Lipinski definition) is 3. The van der Waals surface area contributed by atoms with E-state index in [1.165, 1.54) is 12.1 Å². The average molecular weight is 195 g/mol. The number of rotatable bonds is 4. The van der Waals surface area contributed by atoms with Gasteiger partial charge in [-0.25, -0.2) is 5.26 Å². The Morgan fingerprint density at radius 2 is 2.07 bits per heavy atom. The van der Waals surface area contributed by atoms with E-state index in [0.29, 0.717) is 17.9 Å². The predicted octanol–water partition coefficient (Wildman–Crippen LogP) is 1.68. The van der Waals surface area contributed by atoms with Gasteiger partial charge in [0.25, 0.3) is 5.91 Å². The Balaban J connectivity index is 2.62. The summed E-state index contributed by atoms with van der Waals surface area (Å²) in [5.41, 5.74) is 0.555. The minimum Gasteiger partial charge on any atom is -0.352 e. The maximum Gasteiger partial charge on any atom is 0.251 e. The van der Waals surface area contributed by atoms with Gasteiger partial charge in [0.15, 0.2) is 5.75 Å². The first-order chi connectivity index (χ1) is 6.77. The smallest absolute Gasteiger partial charge is 0.251 e. The second-order valence-corrected chi connectivity index (χ2v) is 2.87. The third-order valence-electron chi connectivity index (χ3n) is 1.76. The van der Waals surface area contributed by atoms with E-state index in [2.05, 4.69) is 10.2 Å². The van der Waals surface area contributed by atoms with Crippen molar-refractivity contribution in [3.05, 3.63) is 29.8 Å². The summed E-state index contributed by atoms with van der Waals surface area (Å²) in [5, 5.41) is 11.1. The minimum atomic E-state index is -0.115. The van der Waals surface area contributed by atoms with Crippen molar-refractivity contribution in [1.29, 1.82) is 0 Å². The molecule has 0 aromatic heterocycles. The van der Waals surface area contributed by atoms with Gasteiger partial charge in [-0.15, -0.1) is 0 Å². The summed E-state index contributed by atoms with van der Waals surface area (Å²) in [6.45, 7) is 2.65. The van der Waals surface area contributed by atoms with E-state index in [-0.39, 0.29) is 5.91 Å². The minimum absolute atomic E-state index is 0.115. The molecule has 0 aliphatic heterocycles. The van der Waals surface area contributed by atoms with Crippen molar-refractivity contribution in [2.45, 2.75) is 13.3 Å². The van der Waals surface area contributed by atoms with Crippen LogP contribution in [0.5, 0.6) is 5.75 Å². The molecule has 0 atom stereocenters. The van der Waals surface area contributed by atoms with Crippen LogP contribution in [0.15, 0.2) is 24.3 Å². The summed E-state index contributed by atoms with van der Waals surface area (Å²) in [7, 11) is 0. The van der Waals surface area contributed by atoms with E-state index < -0.39 is 0 Å². The van der Waals surface area contributed by atoms with Crippen LogP contribution in [0.4, 0.5) is 0 Å². The molecular weight excluding hydrogens is 182 g/mol. The number of nitrogens with one attached hydrogen (secondary N) is 1. The molecule has 0 radical (unpaired) electrons. The Morgan fingerprint density at radius 3 is 2.57 bits per heavy atom. The molecule has 0 aliphatic rings. The van der Waals surface area contributed by atoms with Gasteiger partial charge in [0, 0.05) is 12.1 Å².